The van der Waals surface area contributed by atoms with Crippen molar-refractivity contribution in [1.29, 1.82) is 0 Å². The van der Waals surface area contributed by atoms with E-state index in [0.717, 1.165) is 33.5 Å². The van der Waals surface area contributed by atoms with Crippen LogP contribution in [0.2, 0.25) is 0 Å². The Labute approximate surface area is 150 Å². The lowest BCUT2D eigenvalue weighted by Gasteiger charge is -2.02. The van der Waals surface area contributed by atoms with Gasteiger partial charge in [-0.2, -0.15) is 5.10 Å². The first kappa shape index (κ1) is 17.2. The van der Waals surface area contributed by atoms with Gasteiger partial charge in [0.2, 0.25) is 0 Å². The van der Waals surface area contributed by atoms with Crippen molar-refractivity contribution in [2.45, 2.75) is 25.9 Å². The Bertz CT molecular complexity index is 928. The number of nitrogens with zero attached hydrogens (tertiary/aromatic N) is 3. The molecule has 1 aromatic carbocycles. The van der Waals surface area contributed by atoms with Crippen LogP contribution < -0.4 is 5.43 Å². The molecule has 0 unspecified atom stereocenters. The molecule has 2 N–H and O–H groups in total. The zero-order chi connectivity index (χ0) is 17.8. The average Bonchev–Trinajstić information content (AvgIpc) is 2.88. The SMILES string of the molecule is Cc1cc(C)nc(SCC(=O)N/N=C/c2c(C)[nH]c3ccccc23)n1. The smallest absolute Gasteiger partial charge is 0.250 e. The number of rotatable bonds is 5. The zero-order valence-corrected chi connectivity index (χ0v) is 15.1. The van der Waals surface area contributed by atoms with E-state index in [1.54, 1.807) is 6.21 Å². The first-order valence-corrected chi connectivity index (χ1v) is 8.86. The van der Waals surface area contributed by atoms with E-state index in [0.29, 0.717) is 5.16 Å². The fourth-order valence-electron chi connectivity index (χ4n) is 2.55. The van der Waals surface area contributed by atoms with Crippen LogP contribution in [0.4, 0.5) is 0 Å². The van der Waals surface area contributed by atoms with Gasteiger partial charge in [0.25, 0.3) is 5.91 Å². The number of nitrogens with one attached hydrogen (secondary N) is 2. The Morgan fingerprint density at radius 2 is 1.96 bits per heavy atom. The molecule has 2 aromatic heterocycles. The van der Waals surface area contributed by atoms with Gasteiger partial charge in [0.15, 0.2) is 5.16 Å². The monoisotopic (exact) mass is 353 g/mol. The molecule has 0 saturated heterocycles. The second-order valence-electron chi connectivity index (χ2n) is 5.72. The largest absolute Gasteiger partial charge is 0.358 e. The molecule has 128 valence electrons. The molecule has 6 nitrogen and oxygen atoms in total. The molecule has 3 aromatic rings. The van der Waals surface area contributed by atoms with E-state index in [4.69, 9.17) is 0 Å². The number of carbonyl (C=O) groups excluding carboxylic acids is 1. The van der Waals surface area contributed by atoms with Crippen molar-refractivity contribution >= 4 is 34.8 Å². The molecule has 0 radical (unpaired) electrons. The van der Waals surface area contributed by atoms with E-state index in [2.05, 4.69) is 25.5 Å². The molecule has 0 atom stereocenters. The van der Waals surface area contributed by atoms with Crippen molar-refractivity contribution in [1.82, 2.24) is 20.4 Å². The normalized spacial score (nSPS) is 11.3. The minimum atomic E-state index is -0.193. The molecule has 0 fully saturated rings. The minimum absolute atomic E-state index is 0.193. The van der Waals surface area contributed by atoms with Gasteiger partial charge < -0.3 is 4.98 Å². The van der Waals surface area contributed by atoms with Crippen molar-refractivity contribution in [3.8, 4) is 0 Å². The summed E-state index contributed by atoms with van der Waals surface area (Å²) in [6.45, 7) is 5.80. The summed E-state index contributed by atoms with van der Waals surface area (Å²) < 4.78 is 0. The molecular weight excluding hydrogens is 334 g/mol. The summed E-state index contributed by atoms with van der Waals surface area (Å²) in [7, 11) is 0. The Kier molecular flexibility index (Phi) is 5.14. The highest BCUT2D eigenvalue weighted by Gasteiger charge is 2.07. The van der Waals surface area contributed by atoms with Crippen molar-refractivity contribution < 1.29 is 4.79 Å². The molecule has 0 bridgehead atoms. The molecule has 25 heavy (non-hydrogen) atoms. The number of aromatic amines is 1. The second kappa shape index (κ2) is 7.48. The third kappa shape index (κ3) is 4.24. The number of para-hydroxylation sites is 1. The number of H-pyrrole nitrogens is 1. The summed E-state index contributed by atoms with van der Waals surface area (Å²) in [4.78, 5) is 23.9. The first-order valence-electron chi connectivity index (χ1n) is 7.87. The predicted molar refractivity (Wildman–Crippen MR) is 101 cm³/mol. The van der Waals surface area contributed by atoms with Crippen LogP contribution in [-0.4, -0.2) is 32.8 Å². The van der Waals surface area contributed by atoms with Gasteiger partial charge in [-0.3, -0.25) is 4.79 Å². The Morgan fingerprint density at radius 3 is 2.72 bits per heavy atom. The number of hydrogen-bond donors (Lipinski definition) is 2. The molecule has 7 heteroatoms. The van der Waals surface area contributed by atoms with Gasteiger partial charge in [0.1, 0.15) is 0 Å². The van der Waals surface area contributed by atoms with Crippen LogP contribution >= 0.6 is 11.8 Å². The maximum Gasteiger partial charge on any atom is 0.250 e. The minimum Gasteiger partial charge on any atom is -0.358 e. The number of aryl methyl sites for hydroxylation is 3. The second-order valence-corrected chi connectivity index (χ2v) is 6.67. The van der Waals surface area contributed by atoms with Crippen molar-refractivity contribution in [3.05, 3.63) is 53.0 Å². The number of carbonyl (C=O) groups is 1. The standard InChI is InChI=1S/C18H19N5OS/c1-11-8-12(2)21-18(20-11)25-10-17(24)23-19-9-15-13(3)22-16-7-5-4-6-14(15)16/h4-9,22H,10H2,1-3H3,(H,23,24)/b19-9+. The van der Waals surface area contributed by atoms with Crippen LogP contribution in [0.25, 0.3) is 10.9 Å². The van der Waals surface area contributed by atoms with E-state index < -0.39 is 0 Å². The molecule has 3 rings (SSSR count). The topological polar surface area (TPSA) is 83.0 Å². The molecule has 0 aliphatic rings. The van der Waals surface area contributed by atoms with Crippen LogP contribution in [0.1, 0.15) is 22.6 Å². The molecular formula is C18H19N5OS. The number of amides is 1. The highest BCUT2D eigenvalue weighted by Crippen LogP contribution is 2.19. The lowest BCUT2D eigenvalue weighted by molar-refractivity contribution is -0.118. The summed E-state index contributed by atoms with van der Waals surface area (Å²) in [5.74, 6) is 0.0223. The fourth-order valence-corrected chi connectivity index (χ4v) is 3.30. The van der Waals surface area contributed by atoms with Crippen LogP contribution in [0.15, 0.2) is 40.6 Å². The highest BCUT2D eigenvalue weighted by atomic mass is 32.2. The Morgan fingerprint density at radius 1 is 1.24 bits per heavy atom. The van der Waals surface area contributed by atoms with Crippen molar-refractivity contribution in [2.75, 3.05) is 5.75 Å². The number of hydrazone groups is 1. The molecule has 0 aliphatic heterocycles. The van der Waals surface area contributed by atoms with Crippen LogP contribution in [0.5, 0.6) is 0 Å². The van der Waals surface area contributed by atoms with Crippen molar-refractivity contribution in [3.63, 3.8) is 0 Å². The van der Waals surface area contributed by atoms with Crippen LogP contribution in [-0.2, 0) is 4.79 Å². The number of thioether (sulfide) groups is 1. The number of benzene rings is 1. The molecule has 2 heterocycles. The van der Waals surface area contributed by atoms with E-state index in [9.17, 15) is 4.79 Å². The van der Waals surface area contributed by atoms with Gasteiger partial charge in [-0.1, -0.05) is 30.0 Å². The molecule has 1 amide bonds. The number of fused-ring (bicyclic) bond motifs is 1. The summed E-state index contributed by atoms with van der Waals surface area (Å²) in [6, 6.07) is 9.89. The molecule has 0 spiro atoms. The summed E-state index contributed by atoms with van der Waals surface area (Å²) in [6.07, 6.45) is 1.67. The quantitative estimate of drug-likeness (QED) is 0.319. The van der Waals surface area contributed by atoms with Crippen molar-refractivity contribution in [2.24, 2.45) is 5.10 Å². The van der Waals surface area contributed by atoms with Crippen LogP contribution in [0.3, 0.4) is 0 Å². The Balaban J connectivity index is 1.60. The molecule has 0 aliphatic carbocycles. The predicted octanol–water partition coefficient (Wildman–Crippen LogP) is 3.13. The average molecular weight is 353 g/mol. The fraction of sp³-hybridized carbons (Fsp3) is 0.222. The molecule has 0 saturated carbocycles. The highest BCUT2D eigenvalue weighted by molar-refractivity contribution is 7.99. The first-order chi connectivity index (χ1) is 12.0. The lowest BCUT2D eigenvalue weighted by Crippen LogP contribution is -2.19. The summed E-state index contributed by atoms with van der Waals surface area (Å²) in [5, 5.41) is 5.75. The maximum atomic E-state index is 12.0. The Hall–Kier alpha value is -2.67. The summed E-state index contributed by atoms with van der Waals surface area (Å²) >= 11 is 1.30. The van der Waals surface area contributed by atoms with Gasteiger partial charge in [-0.05, 0) is 32.9 Å². The van der Waals surface area contributed by atoms with E-state index in [1.807, 2.05) is 51.1 Å². The number of aromatic nitrogens is 3. The van der Waals surface area contributed by atoms with Crippen LogP contribution in [0, 0.1) is 20.8 Å². The van der Waals surface area contributed by atoms with E-state index in [1.165, 1.54) is 11.8 Å². The maximum absolute atomic E-state index is 12.0. The van der Waals surface area contributed by atoms with E-state index in [-0.39, 0.29) is 11.7 Å². The van der Waals surface area contributed by atoms with Gasteiger partial charge in [-0.25, -0.2) is 15.4 Å². The number of hydrogen-bond acceptors (Lipinski definition) is 5. The lowest BCUT2D eigenvalue weighted by atomic mass is 10.1. The van der Waals surface area contributed by atoms with Gasteiger partial charge >= 0.3 is 0 Å². The third-order valence-corrected chi connectivity index (χ3v) is 4.47. The zero-order valence-electron chi connectivity index (χ0n) is 14.3. The van der Waals surface area contributed by atoms with Gasteiger partial charge in [0, 0.05) is 33.5 Å². The van der Waals surface area contributed by atoms with Gasteiger partial charge in [0.05, 0.1) is 12.0 Å². The van der Waals surface area contributed by atoms with Gasteiger partial charge in [-0.15, -0.1) is 0 Å². The third-order valence-electron chi connectivity index (χ3n) is 3.62. The summed E-state index contributed by atoms with van der Waals surface area (Å²) in [5.41, 5.74) is 7.37. The van der Waals surface area contributed by atoms with E-state index >= 15 is 0 Å².